The number of halogens is 1. The third-order valence-corrected chi connectivity index (χ3v) is 4.59. The van der Waals surface area contributed by atoms with E-state index in [0.29, 0.717) is 6.42 Å². The molecule has 19 heavy (non-hydrogen) atoms. The van der Waals surface area contributed by atoms with Gasteiger partial charge in [-0.05, 0) is 34.1 Å². The van der Waals surface area contributed by atoms with Crippen LogP contribution in [0, 0.1) is 0 Å². The SMILES string of the molecule is Cn1c(CC(=O)c2csc(Br)c2)nc2ccccc21. The summed E-state index contributed by atoms with van der Waals surface area (Å²) in [6, 6.07) is 9.76. The second-order valence-corrected chi connectivity index (χ2v) is 6.61. The predicted octanol–water partition coefficient (Wildman–Crippen LogP) is 3.82. The molecule has 0 atom stereocenters. The van der Waals surface area contributed by atoms with Crippen molar-refractivity contribution in [3.63, 3.8) is 0 Å². The number of aryl methyl sites for hydroxylation is 1. The van der Waals surface area contributed by atoms with E-state index in [4.69, 9.17) is 0 Å². The number of imidazole rings is 1. The van der Waals surface area contributed by atoms with Crippen LogP contribution >= 0.6 is 27.3 Å². The highest BCUT2D eigenvalue weighted by Gasteiger charge is 2.14. The maximum absolute atomic E-state index is 12.2. The highest BCUT2D eigenvalue weighted by atomic mass is 79.9. The van der Waals surface area contributed by atoms with E-state index in [-0.39, 0.29) is 5.78 Å². The van der Waals surface area contributed by atoms with E-state index in [1.807, 2.05) is 47.3 Å². The summed E-state index contributed by atoms with van der Waals surface area (Å²) in [5, 5.41) is 1.87. The van der Waals surface area contributed by atoms with Crippen LogP contribution in [0.3, 0.4) is 0 Å². The summed E-state index contributed by atoms with van der Waals surface area (Å²) in [5.74, 6) is 0.897. The van der Waals surface area contributed by atoms with Gasteiger partial charge >= 0.3 is 0 Å². The molecule has 0 amide bonds. The third-order valence-electron chi connectivity index (χ3n) is 3.09. The van der Waals surface area contributed by atoms with Crippen LogP contribution in [0.2, 0.25) is 0 Å². The summed E-state index contributed by atoms with van der Waals surface area (Å²) < 4.78 is 2.95. The van der Waals surface area contributed by atoms with Gasteiger partial charge in [0.15, 0.2) is 5.78 Å². The summed E-state index contributed by atoms with van der Waals surface area (Å²) in [7, 11) is 1.95. The molecule has 1 aromatic carbocycles. The van der Waals surface area contributed by atoms with Crippen LogP contribution in [0.15, 0.2) is 39.5 Å². The van der Waals surface area contributed by atoms with E-state index in [1.165, 1.54) is 11.3 Å². The zero-order valence-corrected chi connectivity index (χ0v) is 12.7. The van der Waals surface area contributed by atoms with Gasteiger partial charge in [0.1, 0.15) is 5.82 Å². The van der Waals surface area contributed by atoms with Crippen LogP contribution < -0.4 is 0 Å². The lowest BCUT2D eigenvalue weighted by Gasteiger charge is -2.00. The molecule has 2 aromatic heterocycles. The Bertz CT molecular complexity index is 760. The second kappa shape index (κ2) is 4.90. The average molecular weight is 335 g/mol. The zero-order chi connectivity index (χ0) is 13.4. The Balaban J connectivity index is 1.93. The van der Waals surface area contributed by atoms with Gasteiger partial charge in [-0.2, -0.15) is 0 Å². The number of hydrogen-bond donors (Lipinski definition) is 0. The van der Waals surface area contributed by atoms with Gasteiger partial charge in [0.25, 0.3) is 0 Å². The number of aromatic nitrogens is 2. The molecule has 0 fully saturated rings. The van der Waals surface area contributed by atoms with Gasteiger partial charge in [-0.3, -0.25) is 4.79 Å². The maximum Gasteiger partial charge on any atom is 0.171 e. The first-order chi connectivity index (χ1) is 9.15. The minimum absolute atomic E-state index is 0.0976. The first-order valence-electron chi connectivity index (χ1n) is 5.83. The summed E-state index contributed by atoms with van der Waals surface area (Å²) in [4.78, 5) is 16.7. The average Bonchev–Trinajstić information content (AvgIpc) is 2.96. The Hall–Kier alpha value is -1.46. The van der Waals surface area contributed by atoms with Crippen LogP contribution in [0.25, 0.3) is 11.0 Å². The number of Topliss-reactive ketones (excluding diaryl/α,β-unsaturated/α-hetero) is 1. The van der Waals surface area contributed by atoms with Crippen LogP contribution in [-0.2, 0) is 13.5 Å². The van der Waals surface area contributed by atoms with Gasteiger partial charge in [-0.15, -0.1) is 11.3 Å². The van der Waals surface area contributed by atoms with Crippen molar-refractivity contribution in [2.75, 3.05) is 0 Å². The number of carbonyl (C=O) groups is 1. The molecule has 0 bridgehead atoms. The smallest absolute Gasteiger partial charge is 0.171 e. The third kappa shape index (κ3) is 2.35. The minimum atomic E-state index is 0.0976. The Labute approximate surface area is 123 Å². The summed E-state index contributed by atoms with van der Waals surface area (Å²) in [5.41, 5.74) is 2.72. The maximum atomic E-state index is 12.2. The molecule has 3 rings (SSSR count). The number of rotatable bonds is 3. The molecule has 0 radical (unpaired) electrons. The van der Waals surface area contributed by atoms with E-state index >= 15 is 0 Å². The normalized spacial score (nSPS) is 11.1. The van der Waals surface area contributed by atoms with Gasteiger partial charge in [0.2, 0.25) is 0 Å². The van der Waals surface area contributed by atoms with E-state index in [0.717, 1.165) is 26.2 Å². The quantitative estimate of drug-likeness (QED) is 0.682. The molecule has 96 valence electrons. The van der Waals surface area contributed by atoms with Gasteiger partial charge < -0.3 is 4.57 Å². The summed E-state index contributed by atoms with van der Waals surface area (Å²) in [6.45, 7) is 0. The Kier molecular flexibility index (Phi) is 3.24. The molecule has 3 aromatic rings. The number of para-hydroxylation sites is 2. The van der Waals surface area contributed by atoms with Crippen molar-refractivity contribution in [2.45, 2.75) is 6.42 Å². The lowest BCUT2D eigenvalue weighted by atomic mass is 10.1. The predicted molar refractivity (Wildman–Crippen MR) is 80.8 cm³/mol. The van der Waals surface area contributed by atoms with Crippen LogP contribution in [0.5, 0.6) is 0 Å². The lowest BCUT2D eigenvalue weighted by molar-refractivity contribution is 0.0990. The largest absolute Gasteiger partial charge is 0.331 e. The van der Waals surface area contributed by atoms with Crippen molar-refractivity contribution in [3.05, 3.63) is 50.9 Å². The Morgan fingerprint density at radius 3 is 2.89 bits per heavy atom. The van der Waals surface area contributed by atoms with E-state index in [1.54, 1.807) is 0 Å². The van der Waals surface area contributed by atoms with E-state index in [2.05, 4.69) is 20.9 Å². The summed E-state index contributed by atoms with van der Waals surface area (Å²) >= 11 is 4.90. The number of carbonyl (C=O) groups excluding carboxylic acids is 1. The number of fused-ring (bicyclic) bond motifs is 1. The monoisotopic (exact) mass is 334 g/mol. The highest BCUT2D eigenvalue weighted by molar-refractivity contribution is 9.11. The Morgan fingerprint density at radius 1 is 1.42 bits per heavy atom. The summed E-state index contributed by atoms with van der Waals surface area (Å²) in [6.07, 6.45) is 0.328. The highest BCUT2D eigenvalue weighted by Crippen LogP contribution is 2.22. The van der Waals surface area contributed by atoms with Crippen molar-refractivity contribution in [3.8, 4) is 0 Å². The van der Waals surface area contributed by atoms with Crippen molar-refractivity contribution >= 4 is 44.1 Å². The molecular formula is C14H11BrN2OS. The van der Waals surface area contributed by atoms with Gasteiger partial charge in [0.05, 0.1) is 21.2 Å². The standard InChI is InChI=1S/C14H11BrN2OS/c1-17-11-5-3-2-4-10(11)16-14(17)7-12(18)9-6-13(15)19-8-9/h2-6,8H,7H2,1H3. The first kappa shape index (κ1) is 12.6. The van der Waals surface area contributed by atoms with Gasteiger partial charge in [-0.1, -0.05) is 12.1 Å². The molecule has 2 heterocycles. The fraction of sp³-hybridized carbons (Fsp3) is 0.143. The Morgan fingerprint density at radius 2 is 2.21 bits per heavy atom. The molecule has 0 aliphatic carbocycles. The molecule has 0 N–H and O–H groups in total. The number of ketones is 1. The molecular weight excluding hydrogens is 324 g/mol. The van der Waals surface area contributed by atoms with Crippen molar-refractivity contribution in [1.82, 2.24) is 9.55 Å². The molecule has 0 aliphatic rings. The van der Waals surface area contributed by atoms with E-state index in [9.17, 15) is 4.79 Å². The molecule has 0 unspecified atom stereocenters. The van der Waals surface area contributed by atoms with Gasteiger partial charge in [0, 0.05) is 18.0 Å². The molecule has 0 saturated heterocycles. The van der Waals surface area contributed by atoms with E-state index < -0.39 is 0 Å². The minimum Gasteiger partial charge on any atom is -0.331 e. The van der Waals surface area contributed by atoms with Crippen molar-refractivity contribution in [1.29, 1.82) is 0 Å². The molecule has 5 heteroatoms. The lowest BCUT2D eigenvalue weighted by Crippen LogP contribution is -2.07. The fourth-order valence-electron chi connectivity index (χ4n) is 2.06. The first-order valence-corrected chi connectivity index (χ1v) is 7.50. The van der Waals surface area contributed by atoms with Crippen LogP contribution in [0.4, 0.5) is 0 Å². The number of benzene rings is 1. The fourth-order valence-corrected chi connectivity index (χ4v) is 3.22. The molecule has 0 saturated carbocycles. The molecule has 3 nitrogen and oxygen atoms in total. The number of thiophene rings is 1. The van der Waals surface area contributed by atoms with Crippen LogP contribution in [0.1, 0.15) is 16.2 Å². The van der Waals surface area contributed by atoms with Crippen molar-refractivity contribution in [2.24, 2.45) is 7.05 Å². The molecule has 0 spiro atoms. The van der Waals surface area contributed by atoms with Crippen molar-refractivity contribution < 1.29 is 4.79 Å². The number of hydrogen-bond acceptors (Lipinski definition) is 3. The van der Waals surface area contributed by atoms with Crippen LogP contribution in [-0.4, -0.2) is 15.3 Å². The van der Waals surface area contributed by atoms with Gasteiger partial charge in [-0.25, -0.2) is 4.98 Å². The zero-order valence-electron chi connectivity index (χ0n) is 10.3. The topological polar surface area (TPSA) is 34.9 Å². The number of nitrogens with zero attached hydrogens (tertiary/aromatic N) is 2. The second-order valence-electron chi connectivity index (χ2n) is 4.32. The molecule has 0 aliphatic heterocycles.